The highest BCUT2D eigenvalue weighted by molar-refractivity contribution is 7.80. The van der Waals surface area contributed by atoms with Crippen molar-refractivity contribution in [1.29, 1.82) is 0 Å². The van der Waals surface area contributed by atoms with E-state index in [4.69, 9.17) is 0 Å². The molecule has 3 nitrogen and oxygen atoms in total. The highest BCUT2D eigenvalue weighted by atomic mass is 32.1. The van der Waals surface area contributed by atoms with Crippen molar-refractivity contribution in [3.8, 4) is 0 Å². The summed E-state index contributed by atoms with van der Waals surface area (Å²) >= 11 is 4.24. The lowest BCUT2D eigenvalue weighted by Gasteiger charge is -2.20. The van der Waals surface area contributed by atoms with Crippen LogP contribution in [-0.4, -0.2) is 37.0 Å². The molecule has 1 aliphatic heterocycles. The summed E-state index contributed by atoms with van der Waals surface area (Å²) < 4.78 is 0. The molecule has 1 heterocycles. The molecule has 1 saturated heterocycles. The zero-order valence-electron chi connectivity index (χ0n) is 12.1. The second-order valence-electron chi connectivity index (χ2n) is 5.76. The van der Waals surface area contributed by atoms with E-state index in [2.05, 4.69) is 29.8 Å². The summed E-state index contributed by atoms with van der Waals surface area (Å²) in [4.78, 5) is 15.3. The molecular formula is C16H24N2OS. The van der Waals surface area contributed by atoms with Crippen LogP contribution < -0.4 is 5.32 Å². The summed E-state index contributed by atoms with van der Waals surface area (Å²) in [5.74, 6) is 0.613. The van der Waals surface area contributed by atoms with Crippen molar-refractivity contribution in [2.24, 2.45) is 5.92 Å². The molecule has 1 N–H and O–H groups in total. The van der Waals surface area contributed by atoms with E-state index in [-0.39, 0.29) is 5.91 Å². The third-order valence-electron chi connectivity index (χ3n) is 3.72. The first-order valence-corrected chi connectivity index (χ1v) is 7.85. The maximum Gasteiger partial charge on any atom is 0.224 e. The number of carbonyl (C=O) groups is 1. The molecule has 0 bridgehead atoms. The Labute approximate surface area is 127 Å². The third kappa shape index (κ3) is 5.17. The maximum atomic E-state index is 11.9. The van der Waals surface area contributed by atoms with Crippen molar-refractivity contribution in [1.82, 2.24) is 10.2 Å². The van der Waals surface area contributed by atoms with Crippen LogP contribution in [0.1, 0.15) is 25.3 Å². The van der Waals surface area contributed by atoms with Crippen molar-refractivity contribution in [3.05, 3.63) is 29.8 Å². The summed E-state index contributed by atoms with van der Waals surface area (Å²) in [5.41, 5.74) is 1.03. The molecule has 1 aromatic carbocycles. The highest BCUT2D eigenvalue weighted by Gasteiger charge is 2.15. The zero-order valence-corrected chi connectivity index (χ0v) is 13.0. The van der Waals surface area contributed by atoms with Gasteiger partial charge in [-0.3, -0.25) is 4.79 Å². The minimum Gasteiger partial charge on any atom is -0.355 e. The Kier molecular flexibility index (Phi) is 5.92. The summed E-state index contributed by atoms with van der Waals surface area (Å²) in [6, 6.07) is 7.74. The molecule has 1 unspecified atom stereocenters. The van der Waals surface area contributed by atoms with Crippen molar-refractivity contribution < 1.29 is 4.79 Å². The van der Waals surface area contributed by atoms with E-state index in [0.717, 1.165) is 23.5 Å². The van der Waals surface area contributed by atoms with Crippen molar-refractivity contribution in [2.75, 3.05) is 26.2 Å². The Hall–Kier alpha value is -1.00. The van der Waals surface area contributed by atoms with Crippen LogP contribution in [0.4, 0.5) is 0 Å². The maximum absolute atomic E-state index is 11.9. The summed E-state index contributed by atoms with van der Waals surface area (Å²) in [5, 5.41) is 3.03. The monoisotopic (exact) mass is 292 g/mol. The summed E-state index contributed by atoms with van der Waals surface area (Å²) in [7, 11) is 0. The van der Waals surface area contributed by atoms with Crippen molar-refractivity contribution in [2.45, 2.75) is 31.1 Å². The Morgan fingerprint density at radius 1 is 1.30 bits per heavy atom. The van der Waals surface area contributed by atoms with Gasteiger partial charge in [0.2, 0.25) is 5.91 Å². The predicted molar refractivity (Wildman–Crippen MR) is 85.2 cm³/mol. The lowest BCUT2D eigenvalue weighted by molar-refractivity contribution is -0.120. The van der Waals surface area contributed by atoms with E-state index in [1.165, 1.54) is 25.9 Å². The minimum atomic E-state index is 0.102. The first-order valence-electron chi connectivity index (χ1n) is 7.40. The molecule has 1 aliphatic rings. The van der Waals surface area contributed by atoms with Crippen LogP contribution in [0, 0.1) is 5.92 Å². The zero-order chi connectivity index (χ0) is 14.4. The number of rotatable bonds is 6. The van der Waals surface area contributed by atoms with Crippen LogP contribution in [0.3, 0.4) is 0 Å². The van der Waals surface area contributed by atoms with Crippen LogP contribution >= 0.6 is 12.6 Å². The van der Waals surface area contributed by atoms with Crippen LogP contribution in [0.2, 0.25) is 0 Å². The number of amides is 1. The summed E-state index contributed by atoms with van der Waals surface area (Å²) in [6.07, 6.45) is 3.09. The van der Waals surface area contributed by atoms with Gasteiger partial charge < -0.3 is 10.2 Å². The van der Waals surface area contributed by atoms with Gasteiger partial charge in [0.05, 0.1) is 6.42 Å². The Balaban J connectivity index is 1.67. The SMILES string of the molecule is CC(CNC(=O)Cc1ccc(S)cc1)CN1CCCC1. The predicted octanol–water partition coefficient (Wildman–Crippen LogP) is 2.37. The number of carbonyl (C=O) groups excluding carboxylic acids is 1. The lowest BCUT2D eigenvalue weighted by Crippen LogP contribution is -2.35. The second-order valence-corrected chi connectivity index (χ2v) is 6.28. The number of nitrogens with one attached hydrogen (secondary N) is 1. The van der Waals surface area contributed by atoms with Crippen LogP contribution in [0.15, 0.2) is 29.2 Å². The molecule has 0 aliphatic carbocycles. The van der Waals surface area contributed by atoms with Gasteiger partial charge in [0, 0.05) is 18.0 Å². The highest BCUT2D eigenvalue weighted by Crippen LogP contribution is 2.10. The van der Waals surface area contributed by atoms with Gasteiger partial charge >= 0.3 is 0 Å². The molecule has 110 valence electrons. The van der Waals surface area contributed by atoms with Gasteiger partial charge in [-0.2, -0.15) is 0 Å². The smallest absolute Gasteiger partial charge is 0.224 e. The van der Waals surface area contributed by atoms with Gasteiger partial charge in [-0.15, -0.1) is 12.6 Å². The number of hydrogen-bond donors (Lipinski definition) is 2. The number of likely N-dealkylation sites (tertiary alicyclic amines) is 1. The van der Waals surface area contributed by atoms with Crippen LogP contribution in [0.5, 0.6) is 0 Å². The first-order chi connectivity index (χ1) is 9.63. The number of nitrogens with zero attached hydrogens (tertiary/aromatic N) is 1. The molecule has 20 heavy (non-hydrogen) atoms. The fourth-order valence-corrected chi connectivity index (χ4v) is 2.77. The summed E-state index contributed by atoms with van der Waals surface area (Å²) in [6.45, 7) is 6.49. The fraction of sp³-hybridized carbons (Fsp3) is 0.562. The van der Waals surface area contributed by atoms with E-state index in [0.29, 0.717) is 12.3 Å². The van der Waals surface area contributed by atoms with Gasteiger partial charge in [0.15, 0.2) is 0 Å². The molecule has 0 saturated carbocycles. The van der Waals surface area contributed by atoms with E-state index >= 15 is 0 Å². The van der Waals surface area contributed by atoms with Gasteiger partial charge in [-0.05, 0) is 49.5 Å². The normalized spacial score (nSPS) is 17.1. The molecule has 0 radical (unpaired) electrons. The molecule has 1 aromatic rings. The van der Waals surface area contributed by atoms with Crippen molar-refractivity contribution in [3.63, 3.8) is 0 Å². The van der Waals surface area contributed by atoms with E-state index in [1.54, 1.807) is 0 Å². The Morgan fingerprint density at radius 2 is 1.95 bits per heavy atom. The number of hydrogen-bond acceptors (Lipinski definition) is 3. The minimum absolute atomic E-state index is 0.102. The fourth-order valence-electron chi connectivity index (χ4n) is 2.62. The van der Waals surface area contributed by atoms with Gasteiger partial charge in [-0.25, -0.2) is 0 Å². The van der Waals surface area contributed by atoms with Crippen LogP contribution in [0.25, 0.3) is 0 Å². The molecule has 1 atom stereocenters. The molecule has 1 amide bonds. The molecule has 4 heteroatoms. The van der Waals surface area contributed by atoms with Gasteiger partial charge in [0.25, 0.3) is 0 Å². The molecule has 0 aromatic heterocycles. The topological polar surface area (TPSA) is 32.3 Å². The standard InChI is InChI=1S/C16H24N2OS/c1-13(12-18-8-2-3-9-18)11-17-16(19)10-14-4-6-15(20)7-5-14/h4-7,13,20H,2-3,8-12H2,1H3,(H,17,19). The quantitative estimate of drug-likeness (QED) is 0.789. The van der Waals surface area contributed by atoms with Crippen LogP contribution in [-0.2, 0) is 11.2 Å². The van der Waals surface area contributed by atoms with Crippen molar-refractivity contribution >= 4 is 18.5 Å². The number of thiol groups is 1. The number of benzene rings is 1. The average Bonchev–Trinajstić information content (AvgIpc) is 2.92. The lowest BCUT2D eigenvalue weighted by atomic mass is 10.1. The second kappa shape index (κ2) is 7.70. The molecule has 2 rings (SSSR count). The molecular weight excluding hydrogens is 268 g/mol. The Bertz CT molecular complexity index is 427. The van der Waals surface area contributed by atoms with E-state index < -0.39 is 0 Å². The molecule has 1 fully saturated rings. The Morgan fingerprint density at radius 3 is 2.60 bits per heavy atom. The van der Waals surface area contributed by atoms with Gasteiger partial charge in [-0.1, -0.05) is 19.1 Å². The van der Waals surface area contributed by atoms with E-state index in [1.807, 2.05) is 24.3 Å². The van der Waals surface area contributed by atoms with E-state index in [9.17, 15) is 4.79 Å². The third-order valence-corrected chi connectivity index (χ3v) is 4.02. The van der Waals surface area contributed by atoms with Gasteiger partial charge in [0.1, 0.15) is 0 Å². The molecule has 0 spiro atoms. The first kappa shape index (κ1) is 15.4. The largest absolute Gasteiger partial charge is 0.355 e. The average molecular weight is 292 g/mol.